The molecule has 14 heavy (non-hydrogen) atoms. The van der Waals surface area contributed by atoms with Crippen LogP contribution in [-0.2, 0) is 11.2 Å². The second kappa shape index (κ2) is 4.74. The van der Waals surface area contributed by atoms with E-state index in [1.807, 2.05) is 19.1 Å². The van der Waals surface area contributed by atoms with Gasteiger partial charge >= 0.3 is 5.97 Å². The van der Waals surface area contributed by atoms with E-state index in [-0.39, 0.29) is 5.92 Å². The van der Waals surface area contributed by atoms with Crippen molar-refractivity contribution in [3.63, 3.8) is 0 Å². The molecular weight excluding hydrogens is 178 g/mol. The Balaban J connectivity index is 2.49. The predicted octanol–water partition coefficient (Wildman–Crippen LogP) is 2.04. The van der Waals surface area contributed by atoms with Gasteiger partial charge in [-0.05, 0) is 37.5 Å². The van der Waals surface area contributed by atoms with Gasteiger partial charge < -0.3 is 5.11 Å². The van der Waals surface area contributed by atoms with Gasteiger partial charge in [-0.1, -0.05) is 6.92 Å². The van der Waals surface area contributed by atoms with Crippen molar-refractivity contribution in [2.75, 3.05) is 0 Å². The molecule has 1 aromatic rings. The number of aryl methyl sites for hydroxylation is 2. The zero-order valence-corrected chi connectivity index (χ0v) is 8.53. The molecule has 0 radical (unpaired) electrons. The Morgan fingerprint density at radius 1 is 1.64 bits per heavy atom. The maximum absolute atomic E-state index is 10.6. The van der Waals surface area contributed by atoms with Crippen LogP contribution in [0.4, 0.5) is 0 Å². The van der Waals surface area contributed by atoms with Gasteiger partial charge in [0.05, 0.1) is 5.92 Å². The second-order valence-corrected chi connectivity index (χ2v) is 3.60. The number of pyridine rings is 1. The number of aromatic nitrogens is 1. The first-order valence-electron chi connectivity index (χ1n) is 4.74. The molecule has 1 atom stereocenters. The molecule has 0 aliphatic carbocycles. The number of rotatable bonds is 4. The lowest BCUT2D eigenvalue weighted by atomic mass is 10.0. The van der Waals surface area contributed by atoms with Gasteiger partial charge in [-0.15, -0.1) is 0 Å². The van der Waals surface area contributed by atoms with Crippen LogP contribution in [0.1, 0.15) is 24.6 Å². The molecule has 0 fully saturated rings. The van der Waals surface area contributed by atoms with E-state index in [1.54, 1.807) is 13.1 Å². The molecule has 1 aromatic heterocycles. The van der Waals surface area contributed by atoms with Gasteiger partial charge in [-0.25, -0.2) is 0 Å². The second-order valence-electron chi connectivity index (χ2n) is 3.60. The van der Waals surface area contributed by atoms with E-state index in [0.717, 1.165) is 17.7 Å². The first-order valence-corrected chi connectivity index (χ1v) is 4.74. The Morgan fingerprint density at radius 2 is 2.36 bits per heavy atom. The fourth-order valence-corrected chi connectivity index (χ4v) is 1.22. The Bertz CT molecular complexity index is 323. The van der Waals surface area contributed by atoms with Crippen LogP contribution in [0, 0.1) is 12.8 Å². The van der Waals surface area contributed by atoms with Gasteiger partial charge in [0.2, 0.25) is 0 Å². The highest BCUT2D eigenvalue weighted by Gasteiger charge is 2.10. The maximum atomic E-state index is 10.6. The smallest absolute Gasteiger partial charge is 0.306 e. The predicted molar refractivity (Wildman–Crippen MR) is 54.1 cm³/mol. The fraction of sp³-hybridized carbons (Fsp3) is 0.455. The maximum Gasteiger partial charge on any atom is 0.306 e. The summed E-state index contributed by atoms with van der Waals surface area (Å²) in [7, 11) is 0. The van der Waals surface area contributed by atoms with Crippen LogP contribution in [0.3, 0.4) is 0 Å². The van der Waals surface area contributed by atoms with Crippen LogP contribution in [0.25, 0.3) is 0 Å². The van der Waals surface area contributed by atoms with Crippen LogP contribution in [0.2, 0.25) is 0 Å². The summed E-state index contributed by atoms with van der Waals surface area (Å²) in [6.07, 6.45) is 3.14. The minimum Gasteiger partial charge on any atom is -0.481 e. The molecule has 0 bridgehead atoms. The molecule has 0 aliphatic heterocycles. The summed E-state index contributed by atoms with van der Waals surface area (Å²) in [5, 5.41) is 8.69. The highest BCUT2D eigenvalue weighted by Crippen LogP contribution is 2.08. The highest BCUT2D eigenvalue weighted by molar-refractivity contribution is 5.69. The monoisotopic (exact) mass is 193 g/mol. The van der Waals surface area contributed by atoms with Crippen molar-refractivity contribution in [1.29, 1.82) is 0 Å². The van der Waals surface area contributed by atoms with Crippen LogP contribution < -0.4 is 0 Å². The van der Waals surface area contributed by atoms with E-state index in [4.69, 9.17) is 5.11 Å². The van der Waals surface area contributed by atoms with E-state index < -0.39 is 5.97 Å². The molecule has 0 spiro atoms. The Labute approximate surface area is 83.8 Å². The number of carbonyl (C=O) groups is 1. The fourth-order valence-electron chi connectivity index (χ4n) is 1.22. The van der Waals surface area contributed by atoms with E-state index in [1.165, 1.54) is 0 Å². The third-order valence-corrected chi connectivity index (χ3v) is 2.23. The minimum atomic E-state index is -0.738. The van der Waals surface area contributed by atoms with E-state index in [0.29, 0.717) is 6.42 Å². The lowest BCUT2D eigenvalue weighted by Gasteiger charge is -2.05. The number of carboxylic acid groups (broad SMARTS) is 1. The molecule has 0 aromatic carbocycles. The Kier molecular flexibility index (Phi) is 3.63. The van der Waals surface area contributed by atoms with Crippen LogP contribution >= 0.6 is 0 Å². The molecule has 0 aliphatic rings. The molecule has 1 unspecified atom stereocenters. The normalized spacial score (nSPS) is 12.4. The standard InChI is InChI=1S/C11H15NO2/c1-8-5-6-12-10(7-8)4-3-9(2)11(13)14/h5-7,9H,3-4H2,1-2H3,(H,13,14). The largest absolute Gasteiger partial charge is 0.481 e. The summed E-state index contributed by atoms with van der Waals surface area (Å²) in [4.78, 5) is 14.7. The van der Waals surface area contributed by atoms with Crippen molar-refractivity contribution >= 4 is 5.97 Å². The molecule has 3 heteroatoms. The van der Waals surface area contributed by atoms with Crippen molar-refractivity contribution in [2.24, 2.45) is 5.92 Å². The summed E-state index contributed by atoms with van der Waals surface area (Å²) in [6.45, 7) is 3.73. The average Bonchev–Trinajstić information content (AvgIpc) is 2.14. The first kappa shape index (κ1) is 10.7. The summed E-state index contributed by atoms with van der Waals surface area (Å²) in [5.74, 6) is -1.03. The number of nitrogens with zero attached hydrogens (tertiary/aromatic N) is 1. The van der Waals surface area contributed by atoms with E-state index >= 15 is 0 Å². The number of aliphatic carboxylic acids is 1. The number of carboxylic acids is 1. The summed E-state index contributed by atoms with van der Waals surface area (Å²) >= 11 is 0. The van der Waals surface area contributed by atoms with Gasteiger partial charge in [0.25, 0.3) is 0 Å². The van der Waals surface area contributed by atoms with Crippen LogP contribution in [0.5, 0.6) is 0 Å². The molecule has 0 saturated heterocycles. The Morgan fingerprint density at radius 3 is 2.93 bits per heavy atom. The molecule has 1 rings (SSSR count). The van der Waals surface area contributed by atoms with E-state index in [9.17, 15) is 4.79 Å². The topological polar surface area (TPSA) is 50.2 Å². The summed E-state index contributed by atoms with van der Waals surface area (Å²) in [5.41, 5.74) is 2.14. The van der Waals surface area contributed by atoms with Crippen LogP contribution in [-0.4, -0.2) is 16.1 Å². The molecule has 0 amide bonds. The molecular formula is C11H15NO2. The molecule has 76 valence electrons. The minimum absolute atomic E-state index is 0.294. The van der Waals surface area contributed by atoms with Crippen molar-refractivity contribution in [3.8, 4) is 0 Å². The zero-order chi connectivity index (χ0) is 10.6. The molecule has 1 N–H and O–H groups in total. The number of hydrogen-bond acceptors (Lipinski definition) is 2. The Hall–Kier alpha value is -1.38. The average molecular weight is 193 g/mol. The first-order chi connectivity index (χ1) is 6.59. The molecule has 0 saturated carbocycles. The SMILES string of the molecule is Cc1ccnc(CCC(C)C(=O)O)c1. The quantitative estimate of drug-likeness (QED) is 0.796. The van der Waals surface area contributed by atoms with Crippen molar-refractivity contribution in [2.45, 2.75) is 26.7 Å². The van der Waals surface area contributed by atoms with Gasteiger partial charge in [-0.2, -0.15) is 0 Å². The summed E-state index contributed by atoms with van der Waals surface area (Å²) < 4.78 is 0. The highest BCUT2D eigenvalue weighted by atomic mass is 16.4. The van der Waals surface area contributed by atoms with Gasteiger partial charge in [-0.3, -0.25) is 9.78 Å². The van der Waals surface area contributed by atoms with Gasteiger partial charge in [0.15, 0.2) is 0 Å². The van der Waals surface area contributed by atoms with E-state index in [2.05, 4.69) is 4.98 Å². The number of hydrogen-bond donors (Lipinski definition) is 1. The van der Waals surface area contributed by atoms with Crippen molar-refractivity contribution in [1.82, 2.24) is 4.98 Å². The zero-order valence-electron chi connectivity index (χ0n) is 8.53. The lowest BCUT2D eigenvalue weighted by molar-refractivity contribution is -0.141. The molecule has 1 heterocycles. The van der Waals surface area contributed by atoms with Gasteiger partial charge in [0.1, 0.15) is 0 Å². The van der Waals surface area contributed by atoms with Crippen LogP contribution in [0.15, 0.2) is 18.3 Å². The van der Waals surface area contributed by atoms with Crippen molar-refractivity contribution in [3.05, 3.63) is 29.6 Å². The third-order valence-electron chi connectivity index (χ3n) is 2.23. The third kappa shape index (κ3) is 3.17. The summed E-state index contributed by atoms with van der Waals surface area (Å²) in [6, 6.07) is 3.93. The van der Waals surface area contributed by atoms with Gasteiger partial charge in [0, 0.05) is 11.9 Å². The molecule has 3 nitrogen and oxygen atoms in total. The van der Waals surface area contributed by atoms with Crippen molar-refractivity contribution < 1.29 is 9.90 Å². The lowest BCUT2D eigenvalue weighted by Crippen LogP contribution is -2.10.